The molecule has 1 fully saturated rings. The van der Waals surface area contributed by atoms with Crippen molar-refractivity contribution in [1.82, 2.24) is 9.97 Å². The van der Waals surface area contributed by atoms with Gasteiger partial charge in [-0.3, -0.25) is 5.41 Å². The van der Waals surface area contributed by atoms with Crippen LogP contribution < -0.4 is 15.4 Å². The normalized spacial score (nSPS) is 20.2. The predicted octanol–water partition coefficient (Wildman–Crippen LogP) is 2.38. The number of nitrogens with one attached hydrogen (secondary N) is 1. The third-order valence-corrected chi connectivity index (χ3v) is 4.45. The third kappa shape index (κ3) is 4.36. The summed E-state index contributed by atoms with van der Waals surface area (Å²) in [4.78, 5) is 9.70. The van der Waals surface area contributed by atoms with Crippen LogP contribution in [0.25, 0.3) is 0 Å². The number of nitrogen functional groups attached to an aromatic ring is 1. The monoisotopic (exact) mass is 391 g/mol. The van der Waals surface area contributed by atoms with Crippen molar-refractivity contribution in [1.29, 1.82) is 5.41 Å². The zero-order valence-electron chi connectivity index (χ0n) is 15.7. The molecule has 1 aromatic carbocycles. The quantitative estimate of drug-likeness (QED) is 0.556. The van der Waals surface area contributed by atoms with Crippen molar-refractivity contribution in [2.45, 2.75) is 25.4 Å². The Hall–Kier alpha value is -2.81. The highest BCUT2D eigenvalue weighted by atomic mass is 19.2. The molecule has 1 aliphatic heterocycles. The number of benzene rings is 1. The van der Waals surface area contributed by atoms with E-state index >= 15 is 0 Å². The van der Waals surface area contributed by atoms with Crippen LogP contribution in [0.2, 0.25) is 0 Å². The van der Waals surface area contributed by atoms with Gasteiger partial charge in [-0.1, -0.05) is 0 Å². The molecule has 1 aromatic heterocycles. The van der Waals surface area contributed by atoms with Crippen molar-refractivity contribution in [2.24, 2.45) is 0 Å². The minimum absolute atomic E-state index is 0.0683. The zero-order chi connectivity index (χ0) is 20.3. The number of hydrogen-bond donors (Lipinski definition) is 2. The van der Waals surface area contributed by atoms with Crippen LogP contribution in [0.5, 0.6) is 5.75 Å². The van der Waals surface area contributed by atoms with Gasteiger partial charge >= 0.3 is 0 Å². The summed E-state index contributed by atoms with van der Waals surface area (Å²) < 4.78 is 37.8. The first-order valence-electron chi connectivity index (χ1n) is 8.88. The van der Waals surface area contributed by atoms with Crippen molar-refractivity contribution in [2.75, 3.05) is 37.4 Å². The van der Waals surface area contributed by atoms with E-state index in [9.17, 15) is 8.78 Å². The number of halogens is 2. The largest absolute Gasteiger partial charge is 0.488 e. The molecule has 0 saturated carbocycles. The van der Waals surface area contributed by atoms with E-state index < -0.39 is 12.3 Å². The minimum Gasteiger partial charge on any atom is -0.488 e. The Morgan fingerprint density at radius 1 is 1.29 bits per heavy atom. The molecule has 9 heteroatoms. The second-order valence-corrected chi connectivity index (χ2v) is 6.71. The Labute approximate surface area is 162 Å². The van der Waals surface area contributed by atoms with Crippen LogP contribution in [0.15, 0.2) is 30.6 Å². The molecular weight excluding hydrogens is 368 g/mol. The van der Waals surface area contributed by atoms with Gasteiger partial charge in [-0.25, -0.2) is 18.7 Å². The van der Waals surface area contributed by atoms with Crippen LogP contribution in [0.4, 0.5) is 20.3 Å². The van der Waals surface area contributed by atoms with Gasteiger partial charge in [0.15, 0.2) is 12.3 Å². The van der Waals surface area contributed by atoms with E-state index in [1.807, 2.05) is 6.92 Å². The second kappa shape index (κ2) is 8.47. The highest BCUT2D eigenvalue weighted by molar-refractivity contribution is 6.13. The van der Waals surface area contributed by atoms with Crippen LogP contribution in [0.3, 0.4) is 0 Å². The molecule has 0 spiro atoms. The fourth-order valence-electron chi connectivity index (χ4n) is 3.03. The van der Waals surface area contributed by atoms with E-state index in [1.54, 1.807) is 25.3 Å². The van der Waals surface area contributed by atoms with Gasteiger partial charge in [0.1, 0.15) is 24.0 Å². The van der Waals surface area contributed by atoms with Gasteiger partial charge in [0, 0.05) is 24.4 Å². The Morgan fingerprint density at radius 3 is 2.68 bits per heavy atom. The predicted molar refractivity (Wildman–Crippen MR) is 103 cm³/mol. The van der Waals surface area contributed by atoms with Crippen LogP contribution in [0, 0.1) is 5.41 Å². The van der Waals surface area contributed by atoms with Crippen molar-refractivity contribution >= 4 is 17.2 Å². The Bertz CT molecular complexity index is 841. The number of methoxy groups -OCH3 is 1. The Kier molecular flexibility index (Phi) is 6.03. The Morgan fingerprint density at radius 2 is 2.00 bits per heavy atom. The molecular formula is C19H23F2N5O2. The molecule has 3 N–H and O–H groups in total. The number of ether oxygens (including phenoxy) is 2. The van der Waals surface area contributed by atoms with Gasteiger partial charge in [-0.2, -0.15) is 0 Å². The van der Waals surface area contributed by atoms with Gasteiger partial charge in [0.25, 0.3) is 0 Å². The molecule has 0 amide bonds. The first-order chi connectivity index (χ1) is 13.4. The molecule has 3 rings (SSSR count). The molecule has 0 aliphatic carbocycles. The lowest BCUT2D eigenvalue weighted by atomic mass is 10.0. The number of anilines is 2. The molecule has 2 aromatic rings. The van der Waals surface area contributed by atoms with Gasteiger partial charge in [-0.15, -0.1) is 0 Å². The molecule has 0 unspecified atom stereocenters. The van der Waals surface area contributed by atoms with Crippen molar-refractivity contribution in [3.63, 3.8) is 0 Å². The second-order valence-electron chi connectivity index (χ2n) is 6.71. The summed E-state index contributed by atoms with van der Waals surface area (Å²) >= 11 is 0. The number of hydrogen-bond acceptors (Lipinski definition) is 7. The summed E-state index contributed by atoms with van der Waals surface area (Å²) in [5.41, 5.74) is 7.25. The molecule has 7 nitrogen and oxygen atoms in total. The molecule has 0 radical (unpaired) electrons. The first-order valence-corrected chi connectivity index (χ1v) is 8.88. The molecule has 1 saturated heterocycles. The lowest BCUT2D eigenvalue weighted by Crippen LogP contribution is -2.22. The number of aromatic nitrogens is 2. The molecule has 28 heavy (non-hydrogen) atoms. The summed E-state index contributed by atoms with van der Waals surface area (Å²) in [6.45, 7) is 2.14. The summed E-state index contributed by atoms with van der Waals surface area (Å²) in [6, 6.07) is 6.57. The molecule has 3 atom stereocenters. The topological polar surface area (TPSA) is 97.4 Å². The third-order valence-electron chi connectivity index (χ3n) is 4.45. The smallest absolute Gasteiger partial charge is 0.150 e. The summed E-state index contributed by atoms with van der Waals surface area (Å²) in [5.74, 6) is 0.921. The number of nitrogens with two attached hydrogens (primary N) is 1. The number of rotatable bonds is 7. The van der Waals surface area contributed by atoms with Gasteiger partial charge in [0.05, 0.1) is 31.1 Å². The maximum Gasteiger partial charge on any atom is 0.150 e. The van der Waals surface area contributed by atoms with E-state index in [0.717, 1.165) is 0 Å². The zero-order valence-corrected chi connectivity index (χ0v) is 15.7. The molecule has 1 aliphatic rings. The maximum absolute atomic E-state index is 13.5. The lowest BCUT2D eigenvalue weighted by Gasteiger charge is -2.17. The minimum atomic E-state index is -1.54. The highest BCUT2D eigenvalue weighted by Crippen LogP contribution is 2.26. The van der Waals surface area contributed by atoms with E-state index in [2.05, 4.69) is 9.97 Å². The molecule has 2 heterocycles. The fraction of sp³-hybridized carbons (Fsp3) is 0.421. The SMILES string of the molecule is COC[C@H](C)Oc1ccc(N)c(C(=N)c2cc(N3C[C@H](F)[C@@H](F)C3)ncn2)c1. The maximum atomic E-state index is 13.5. The number of alkyl halides is 2. The van der Waals surface area contributed by atoms with Crippen molar-refractivity contribution in [3.8, 4) is 5.75 Å². The van der Waals surface area contributed by atoms with Crippen molar-refractivity contribution in [3.05, 3.63) is 41.9 Å². The molecule has 150 valence electrons. The standard InChI is InChI=1S/C19H23F2N5O2/c1-11(9-27-2)28-12-3-4-16(22)13(5-12)19(23)17-6-18(25-10-24-17)26-7-14(20)15(21)8-26/h3-6,10-11,14-15,23H,7-9,22H2,1-2H3/t11-,14-,15-/m0/s1. The molecule has 0 bridgehead atoms. The van der Waals surface area contributed by atoms with Crippen molar-refractivity contribution < 1.29 is 18.3 Å². The highest BCUT2D eigenvalue weighted by Gasteiger charge is 2.33. The summed E-state index contributed by atoms with van der Waals surface area (Å²) in [6.07, 6.45) is -1.98. The summed E-state index contributed by atoms with van der Waals surface area (Å²) in [7, 11) is 1.59. The van der Waals surface area contributed by atoms with Crippen LogP contribution in [-0.4, -0.2) is 60.9 Å². The van der Waals surface area contributed by atoms with Crippen LogP contribution in [-0.2, 0) is 4.74 Å². The average Bonchev–Trinajstić information content (AvgIpc) is 3.02. The van der Waals surface area contributed by atoms with E-state index in [-0.39, 0.29) is 24.9 Å². The van der Waals surface area contributed by atoms with Gasteiger partial charge in [0.2, 0.25) is 0 Å². The summed E-state index contributed by atoms with van der Waals surface area (Å²) in [5, 5.41) is 8.50. The first kappa shape index (κ1) is 19.9. The number of nitrogens with zero attached hydrogens (tertiary/aromatic N) is 3. The van der Waals surface area contributed by atoms with Gasteiger partial charge < -0.3 is 20.1 Å². The van der Waals surface area contributed by atoms with Crippen LogP contribution in [0.1, 0.15) is 18.2 Å². The Balaban J connectivity index is 1.83. The van der Waals surface area contributed by atoms with E-state index in [1.165, 1.54) is 17.3 Å². The average molecular weight is 391 g/mol. The van der Waals surface area contributed by atoms with Crippen LogP contribution >= 0.6 is 0 Å². The van der Waals surface area contributed by atoms with E-state index in [4.69, 9.17) is 20.6 Å². The van der Waals surface area contributed by atoms with Gasteiger partial charge in [-0.05, 0) is 25.1 Å². The fourth-order valence-corrected chi connectivity index (χ4v) is 3.03. The van der Waals surface area contributed by atoms with E-state index in [0.29, 0.717) is 35.1 Å². The lowest BCUT2D eigenvalue weighted by molar-refractivity contribution is 0.0921.